The molecule has 0 aliphatic carbocycles. The molecule has 2 aromatic rings. The number of nitrogens with zero attached hydrogens (tertiary/aromatic N) is 4. The molecule has 2 aromatic heterocycles. The molecule has 1 N–H and O–H groups in total. The highest BCUT2D eigenvalue weighted by Gasteiger charge is 2.21. The maximum absolute atomic E-state index is 10.1. The van der Waals surface area contributed by atoms with Crippen molar-refractivity contribution in [1.29, 1.82) is 0 Å². The number of rotatable bonds is 6. The minimum atomic E-state index is -0.472. The highest BCUT2D eigenvalue weighted by atomic mass is 32.1. The zero-order valence-electron chi connectivity index (χ0n) is 12.1. The minimum Gasteiger partial charge on any atom is -0.389 e. The molecule has 0 radical (unpaired) electrons. The van der Waals surface area contributed by atoms with Gasteiger partial charge in [0.25, 0.3) is 0 Å². The lowest BCUT2D eigenvalue weighted by atomic mass is 10.3. The molecule has 6 nitrogen and oxygen atoms in total. The molecule has 1 aliphatic rings. The van der Waals surface area contributed by atoms with Crippen LogP contribution >= 0.6 is 11.3 Å². The number of aryl methyl sites for hydroxylation is 1. The van der Waals surface area contributed by atoms with E-state index in [0.29, 0.717) is 19.8 Å². The molecular formula is C14H20N4O2S. The van der Waals surface area contributed by atoms with Crippen LogP contribution in [0.15, 0.2) is 17.5 Å². The van der Waals surface area contributed by atoms with Crippen LogP contribution in [0, 0.1) is 6.92 Å². The quantitative estimate of drug-likeness (QED) is 0.864. The van der Waals surface area contributed by atoms with Crippen molar-refractivity contribution in [3.05, 3.63) is 34.0 Å². The van der Waals surface area contributed by atoms with E-state index in [-0.39, 0.29) is 0 Å². The summed E-state index contributed by atoms with van der Waals surface area (Å²) in [6, 6.07) is 4.04. The monoisotopic (exact) mass is 308 g/mol. The topological polar surface area (TPSA) is 63.4 Å². The second-order valence-corrected chi connectivity index (χ2v) is 6.33. The highest BCUT2D eigenvalue weighted by molar-refractivity contribution is 7.09. The molecule has 21 heavy (non-hydrogen) atoms. The SMILES string of the molecule is Cc1nnc2n1CCN(CC(O)COCc1cccs1)C2. The smallest absolute Gasteiger partial charge is 0.147 e. The molecule has 3 heterocycles. The number of ether oxygens (including phenoxy) is 1. The summed E-state index contributed by atoms with van der Waals surface area (Å²) in [6.45, 7) is 6.05. The van der Waals surface area contributed by atoms with Gasteiger partial charge in [-0.05, 0) is 18.4 Å². The third-order valence-electron chi connectivity index (χ3n) is 3.62. The largest absolute Gasteiger partial charge is 0.389 e. The Morgan fingerprint density at radius 1 is 1.43 bits per heavy atom. The molecule has 0 spiro atoms. The third-order valence-corrected chi connectivity index (χ3v) is 4.47. The molecule has 1 unspecified atom stereocenters. The van der Waals surface area contributed by atoms with Crippen LogP contribution in [-0.2, 0) is 24.4 Å². The molecule has 0 amide bonds. The van der Waals surface area contributed by atoms with E-state index in [2.05, 4.69) is 19.7 Å². The van der Waals surface area contributed by atoms with Crippen LogP contribution < -0.4 is 0 Å². The van der Waals surface area contributed by atoms with E-state index < -0.39 is 6.10 Å². The Morgan fingerprint density at radius 3 is 3.14 bits per heavy atom. The molecule has 0 bridgehead atoms. The van der Waals surface area contributed by atoms with Crippen molar-refractivity contribution in [2.24, 2.45) is 0 Å². The van der Waals surface area contributed by atoms with Crippen molar-refractivity contribution in [3.63, 3.8) is 0 Å². The van der Waals surface area contributed by atoms with Crippen LogP contribution in [0.3, 0.4) is 0 Å². The summed E-state index contributed by atoms with van der Waals surface area (Å²) < 4.78 is 7.69. The molecule has 1 aliphatic heterocycles. The summed E-state index contributed by atoms with van der Waals surface area (Å²) in [5.74, 6) is 1.94. The van der Waals surface area contributed by atoms with Crippen molar-refractivity contribution in [3.8, 4) is 0 Å². The number of aliphatic hydroxyl groups is 1. The average Bonchev–Trinajstić information content (AvgIpc) is 3.09. The molecular weight excluding hydrogens is 288 g/mol. The first-order valence-corrected chi connectivity index (χ1v) is 7.99. The van der Waals surface area contributed by atoms with Crippen molar-refractivity contribution in [2.45, 2.75) is 32.7 Å². The first kappa shape index (κ1) is 14.6. The predicted molar refractivity (Wildman–Crippen MR) is 80.0 cm³/mol. The number of hydrogen-bond donors (Lipinski definition) is 1. The Balaban J connectivity index is 1.42. The van der Waals surface area contributed by atoms with Crippen LogP contribution in [0.2, 0.25) is 0 Å². The Kier molecular flexibility index (Phi) is 4.64. The van der Waals surface area contributed by atoms with Crippen molar-refractivity contribution >= 4 is 11.3 Å². The molecule has 114 valence electrons. The molecule has 0 saturated carbocycles. The van der Waals surface area contributed by atoms with Crippen LogP contribution in [0.5, 0.6) is 0 Å². The average molecular weight is 308 g/mol. The molecule has 0 saturated heterocycles. The Morgan fingerprint density at radius 2 is 2.33 bits per heavy atom. The summed E-state index contributed by atoms with van der Waals surface area (Å²) in [5.41, 5.74) is 0. The lowest BCUT2D eigenvalue weighted by Gasteiger charge is -2.29. The first-order valence-electron chi connectivity index (χ1n) is 7.11. The first-order chi connectivity index (χ1) is 10.2. The number of fused-ring (bicyclic) bond motifs is 1. The van der Waals surface area contributed by atoms with E-state index in [0.717, 1.165) is 31.3 Å². The maximum atomic E-state index is 10.1. The van der Waals surface area contributed by atoms with Gasteiger partial charge in [0.2, 0.25) is 0 Å². The Hall–Kier alpha value is -1.28. The Bertz CT molecular complexity index is 570. The number of β-amino-alcohol motifs (C(OH)–C–C–N with tert-alkyl or cyclic N) is 1. The van der Waals surface area contributed by atoms with Crippen LogP contribution in [0.1, 0.15) is 16.5 Å². The molecule has 3 rings (SSSR count). The van der Waals surface area contributed by atoms with Crippen LogP contribution in [-0.4, -0.2) is 50.6 Å². The Labute approximate surface area is 128 Å². The fourth-order valence-electron chi connectivity index (χ4n) is 2.55. The zero-order valence-corrected chi connectivity index (χ0v) is 12.9. The van der Waals surface area contributed by atoms with Crippen molar-refractivity contribution in [2.75, 3.05) is 19.7 Å². The molecule has 0 aromatic carbocycles. The van der Waals surface area contributed by atoms with Gasteiger partial charge in [-0.3, -0.25) is 4.90 Å². The van der Waals surface area contributed by atoms with E-state index in [1.54, 1.807) is 11.3 Å². The number of thiophene rings is 1. The van der Waals surface area contributed by atoms with Crippen LogP contribution in [0.25, 0.3) is 0 Å². The molecule has 7 heteroatoms. The lowest BCUT2D eigenvalue weighted by molar-refractivity contribution is 0.00609. The fraction of sp³-hybridized carbons (Fsp3) is 0.571. The zero-order chi connectivity index (χ0) is 14.7. The van der Waals surface area contributed by atoms with E-state index in [4.69, 9.17) is 4.74 Å². The van der Waals surface area contributed by atoms with Gasteiger partial charge in [0.05, 0.1) is 25.9 Å². The van der Waals surface area contributed by atoms with Gasteiger partial charge in [-0.2, -0.15) is 0 Å². The normalized spacial score (nSPS) is 16.9. The second kappa shape index (κ2) is 6.65. The summed E-state index contributed by atoms with van der Waals surface area (Å²) in [6.07, 6.45) is -0.472. The van der Waals surface area contributed by atoms with Gasteiger partial charge in [0.1, 0.15) is 11.6 Å². The van der Waals surface area contributed by atoms with E-state index >= 15 is 0 Å². The summed E-state index contributed by atoms with van der Waals surface area (Å²) in [7, 11) is 0. The second-order valence-electron chi connectivity index (χ2n) is 5.30. The van der Waals surface area contributed by atoms with Gasteiger partial charge < -0.3 is 14.4 Å². The van der Waals surface area contributed by atoms with Gasteiger partial charge in [0.15, 0.2) is 0 Å². The highest BCUT2D eigenvalue weighted by Crippen LogP contribution is 2.13. The molecule has 1 atom stereocenters. The standard InChI is InChI=1S/C14H20N4O2S/c1-11-15-16-14-8-17(4-5-18(11)14)7-12(19)9-20-10-13-3-2-6-21-13/h2-3,6,12,19H,4-5,7-10H2,1H3. The van der Waals surface area contributed by atoms with E-state index in [1.807, 2.05) is 24.4 Å². The number of aromatic nitrogens is 3. The predicted octanol–water partition coefficient (Wildman–Crippen LogP) is 1.04. The van der Waals surface area contributed by atoms with Gasteiger partial charge in [-0.25, -0.2) is 0 Å². The fourth-order valence-corrected chi connectivity index (χ4v) is 3.19. The van der Waals surface area contributed by atoms with Gasteiger partial charge in [-0.15, -0.1) is 21.5 Å². The summed E-state index contributed by atoms with van der Waals surface area (Å²) in [4.78, 5) is 3.38. The van der Waals surface area contributed by atoms with Gasteiger partial charge in [-0.1, -0.05) is 6.07 Å². The number of hydrogen-bond acceptors (Lipinski definition) is 6. The summed E-state index contributed by atoms with van der Waals surface area (Å²) in [5, 5.41) is 20.4. The minimum absolute atomic E-state index is 0.361. The third kappa shape index (κ3) is 3.68. The maximum Gasteiger partial charge on any atom is 0.147 e. The summed E-state index contributed by atoms with van der Waals surface area (Å²) >= 11 is 1.67. The van der Waals surface area contributed by atoms with Gasteiger partial charge in [0, 0.05) is 24.5 Å². The van der Waals surface area contributed by atoms with Crippen molar-refractivity contribution in [1.82, 2.24) is 19.7 Å². The van der Waals surface area contributed by atoms with Crippen LogP contribution in [0.4, 0.5) is 0 Å². The van der Waals surface area contributed by atoms with Crippen molar-refractivity contribution < 1.29 is 9.84 Å². The number of aliphatic hydroxyl groups excluding tert-OH is 1. The van der Waals surface area contributed by atoms with Gasteiger partial charge >= 0.3 is 0 Å². The lowest BCUT2D eigenvalue weighted by Crippen LogP contribution is -2.40. The molecule has 0 fully saturated rings. The van der Waals surface area contributed by atoms with E-state index in [1.165, 1.54) is 4.88 Å². The van der Waals surface area contributed by atoms with E-state index in [9.17, 15) is 5.11 Å².